The van der Waals surface area contributed by atoms with E-state index in [9.17, 15) is 18.0 Å². The molecule has 1 fully saturated rings. The van der Waals surface area contributed by atoms with Crippen molar-refractivity contribution in [3.63, 3.8) is 0 Å². The molecule has 0 bridgehead atoms. The Hall–Kier alpha value is -1.77. The third-order valence-corrected chi connectivity index (χ3v) is 7.47. The van der Waals surface area contributed by atoms with Gasteiger partial charge in [-0.1, -0.05) is 35.3 Å². The number of allylic oxidation sites excluding steroid dienone is 1. The molecule has 1 N–H and O–H groups in total. The number of nitrogens with zero attached hydrogens (tertiary/aromatic N) is 1. The summed E-state index contributed by atoms with van der Waals surface area (Å²) in [5.41, 5.74) is 1.02. The molecule has 2 amide bonds. The van der Waals surface area contributed by atoms with Crippen LogP contribution in [0, 0.1) is 0 Å². The van der Waals surface area contributed by atoms with E-state index >= 15 is 0 Å². The van der Waals surface area contributed by atoms with Gasteiger partial charge in [0, 0.05) is 5.70 Å². The van der Waals surface area contributed by atoms with E-state index in [0.29, 0.717) is 22.7 Å². The van der Waals surface area contributed by atoms with Crippen molar-refractivity contribution >= 4 is 45.0 Å². The van der Waals surface area contributed by atoms with Crippen LogP contribution in [0.15, 0.2) is 29.5 Å². The molecule has 0 aromatic heterocycles. The fraction of sp³-hybridized carbons (Fsp3) is 0.444. The third-order valence-electron chi connectivity index (χ3n) is 4.89. The van der Waals surface area contributed by atoms with Gasteiger partial charge < -0.3 is 10.1 Å². The van der Waals surface area contributed by atoms with Crippen LogP contribution in [-0.2, 0) is 19.4 Å². The number of benzene rings is 1. The fourth-order valence-corrected chi connectivity index (χ4v) is 5.74. The second-order valence-electron chi connectivity index (χ2n) is 6.67. The number of carbonyl (C=O) groups excluding carboxylic acids is 2. The maximum atomic E-state index is 12.9. The Labute approximate surface area is 173 Å². The van der Waals surface area contributed by atoms with Crippen molar-refractivity contribution in [3.05, 3.63) is 45.1 Å². The van der Waals surface area contributed by atoms with Gasteiger partial charge in [-0.25, -0.2) is 18.0 Å². The number of amides is 2. The van der Waals surface area contributed by atoms with E-state index in [4.69, 9.17) is 27.9 Å². The highest BCUT2D eigenvalue weighted by Gasteiger charge is 2.43. The lowest BCUT2D eigenvalue weighted by molar-refractivity contribution is -0.139. The van der Waals surface area contributed by atoms with E-state index in [1.807, 2.05) is 0 Å². The molecule has 28 heavy (non-hydrogen) atoms. The molecule has 0 saturated carbocycles. The Bertz CT molecular complexity index is 961. The smallest absolute Gasteiger partial charge is 0.338 e. The molecule has 0 spiro atoms. The Morgan fingerprint density at radius 1 is 1.36 bits per heavy atom. The number of nitrogens with one attached hydrogen (secondary N) is 1. The van der Waals surface area contributed by atoms with Gasteiger partial charge in [0.05, 0.1) is 45.8 Å². The number of carbonyl (C=O) groups is 2. The lowest BCUT2D eigenvalue weighted by Crippen LogP contribution is -2.52. The standard InChI is InChI=1S/C18H20Cl2N2O5S/c1-3-27-17(23)14-10(2)22(11-7-8-28(25,26)9-11)18(24)21-16(14)12-5-4-6-13(19)15(12)20/h4-6,11,16H,3,7-9H2,1-2H3,(H,21,24)/t11-,16+/m1/s1. The predicted molar refractivity (Wildman–Crippen MR) is 106 cm³/mol. The second-order valence-corrected chi connectivity index (χ2v) is 9.69. The SMILES string of the molecule is CCOC(=O)C1=C(C)N([C@@H]2CCS(=O)(=O)C2)C(=O)N[C@H]1c1cccc(Cl)c1Cl. The average Bonchev–Trinajstić information content (AvgIpc) is 2.96. The van der Waals surface area contributed by atoms with Gasteiger partial charge in [0.1, 0.15) is 0 Å². The molecule has 2 heterocycles. The molecule has 1 saturated heterocycles. The summed E-state index contributed by atoms with van der Waals surface area (Å²) in [6.45, 7) is 3.44. The number of ether oxygens (including phenoxy) is 1. The highest BCUT2D eigenvalue weighted by Crippen LogP contribution is 2.38. The quantitative estimate of drug-likeness (QED) is 0.717. The number of esters is 1. The van der Waals surface area contributed by atoms with Gasteiger partial charge in [0.15, 0.2) is 9.84 Å². The van der Waals surface area contributed by atoms with E-state index in [1.165, 1.54) is 4.90 Å². The second kappa shape index (κ2) is 7.93. The van der Waals surface area contributed by atoms with Gasteiger partial charge in [-0.3, -0.25) is 4.90 Å². The first kappa shape index (κ1) is 21.0. The van der Waals surface area contributed by atoms with Crippen molar-refractivity contribution in [3.8, 4) is 0 Å². The van der Waals surface area contributed by atoms with Crippen molar-refractivity contribution < 1.29 is 22.7 Å². The Kier molecular flexibility index (Phi) is 5.93. The Balaban J connectivity index is 2.11. The van der Waals surface area contributed by atoms with Gasteiger partial charge in [0.25, 0.3) is 0 Å². The number of urea groups is 1. The van der Waals surface area contributed by atoms with Crippen LogP contribution in [0.25, 0.3) is 0 Å². The summed E-state index contributed by atoms with van der Waals surface area (Å²) in [4.78, 5) is 26.9. The molecule has 2 aliphatic rings. The summed E-state index contributed by atoms with van der Waals surface area (Å²) in [5.74, 6) is -0.740. The van der Waals surface area contributed by atoms with Crippen molar-refractivity contribution in [2.45, 2.75) is 32.4 Å². The monoisotopic (exact) mass is 446 g/mol. The molecule has 1 aromatic rings. The minimum Gasteiger partial charge on any atom is -0.463 e. The van der Waals surface area contributed by atoms with Gasteiger partial charge in [-0.15, -0.1) is 0 Å². The maximum absolute atomic E-state index is 12.9. The molecule has 152 valence electrons. The zero-order valence-corrected chi connectivity index (χ0v) is 17.7. The highest BCUT2D eigenvalue weighted by molar-refractivity contribution is 7.91. The maximum Gasteiger partial charge on any atom is 0.338 e. The molecule has 3 rings (SSSR count). The molecule has 0 unspecified atom stereocenters. The first-order valence-corrected chi connectivity index (χ1v) is 11.4. The summed E-state index contributed by atoms with van der Waals surface area (Å²) in [6.07, 6.45) is 0.311. The van der Waals surface area contributed by atoms with E-state index in [-0.39, 0.29) is 28.7 Å². The van der Waals surface area contributed by atoms with E-state index in [2.05, 4.69) is 5.32 Å². The summed E-state index contributed by atoms with van der Waals surface area (Å²) in [7, 11) is -3.22. The molecule has 7 nitrogen and oxygen atoms in total. The lowest BCUT2D eigenvalue weighted by Gasteiger charge is -2.38. The van der Waals surface area contributed by atoms with Crippen LogP contribution in [0.4, 0.5) is 4.79 Å². The largest absolute Gasteiger partial charge is 0.463 e. The topological polar surface area (TPSA) is 92.8 Å². The van der Waals surface area contributed by atoms with Crippen LogP contribution in [0.2, 0.25) is 10.0 Å². The number of sulfone groups is 1. The minimum atomic E-state index is -3.22. The third kappa shape index (κ3) is 3.86. The molecule has 0 radical (unpaired) electrons. The average molecular weight is 447 g/mol. The van der Waals surface area contributed by atoms with E-state index < -0.39 is 33.9 Å². The summed E-state index contributed by atoms with van der Waals surface area (Å²) < 4.78 is 29.0. The van der Waals surface area contributed by atoms with Crippen LogP contribution in [0.1, 0.15) is 31.9 Å². The molecular weight excluding hydrogens is 427 g/mol. The molecular formula is C18H20Cl2N2O5S. The number of hydrogen-bond acceptors (Lipinski definition) is 5. The molecule has 2 atom stereocenters. The van der Waals surface area contributed by atoms with Gasteiger partial charge in [-0.2, -0.15) is 0 Å². The fourth-order valence-electron chi connectivity index (χ4n) is 3.63. The molecule has 2 aliphatic heterocycles. The van der Waals surface area contributed by atoms with E-state index in [1.54, 1.807) is 32.0 Å². The lowest BCUT2D eigenvalue weighted by atomic mass is 9.94. The molecule has 10 heteroatoms. The molecule has 0 aliphatic carbocycles. The summed E-state index contributed by atoms with van der Waals surface area (Å²) >= 11 is 12.4. The van der Waals surface area contributed by atoms with Crippen molar-refractivity contribution in [1.29, 1.82) is 0 Å². The zero-order valence-electron chi connectivity index (χ0n) is 15.4. The van der Waals surface area contributed by atoms with Crippen molar-refractivity contribution in [2.24, 2.45) is 0 Å². The van der Waals surface area contributed by atoms with E-state index in [0.717, 1.165) is 0 Å². The number of halogens is 2. The van der Waals surface area contributed by atoms with Crippen molar-refractivity contribution in [2.75, 3.05) is 18.1 Å². The van der Waals surface area contributed by atoms with Crippen molar-refractivity contribution in [1.82, 2.24) is 10.2 Å². The van der Waals surface area contributed by atoms with Gasteiger partial charge in [-0.05, 0) is 31.9 Å². The Morgan fingerprint density at radius 3 is 2.68 bits per heavy atom. The first-order chi connectivity index (χ1) is 13.2. The van der Waals surface area contributed by atoms with Crippen LogP contribution < -0.4 is 5.32 Å². The number of hydrogen-bond donors (Lipinski definition) is 1. The predicted octanol–water partition coefficient (Wildman–Crippen LogP) is 3.08. The van der Waals surface area contributed by atoms with Crippen LogP contribution >= 0.6 is 23.2 Å². The Morgan fingerprint density at radius 2 is 2.07 bits per heavy atom. The highest BCUT2D eigenvalue weighted by atomic mass is 35.5. The summed E-state index contributed by atoms with van der Waals surface area (Å²) in [5, 5.41) is 3.28. The van der Waals surface area contributed by atoms with Crippen LogP contribution in [0.3, 0.4) is 0 Å². The summed E-state index contributed by atoms with van der Waals surface area (Å²) in [6, 6.07) is 3.06. The minimum absolute atomic E-state index is 0.00696. The normalized spacial score (nSPS) is 24.3. The number of rotatable bonds is 4. The van der Waals surface area contributed by atoms with Gasteiger partial charge >= 0.3 is 12.0 Å². The van der Waals surface area contributed by atoms with Crippen LogP contribution in [-0.4, -0.2) is 49.5 Å². The molecule has 1 aromatic carbocycles. The first-order valence-electron chi connectivity index (χ1n) is 8.78. The zero-order chi connectivity index (χ0) is 20.6. The van der Waals surface area contributed by atoms with Gasteiger partial charge in [0.2, 0.25) is 0 Å². The van der Waals surface area contributed by atoms with Crippen LogP contribution in [0.5, 0.6) is 0 Å².